The molecule has 4 aromatic rings. The van der Waals surface area contributed by atoms with Crippen LogP contribution in [0.2, 0.25) is 5.02 Å². The molecule has 0 unspecified atom stereocenters. The first-order chi connectivity index (χ1) is 22.8. The Morgan fingerprint density at radius 1 is 0.896 bits per heavy atom. The van der Waals surface area contributed by atoms with Crippen LogP contribution in [0.5, 0.6) is 0 Å². The second kappa shape index (κ2) is 16.8. The normalized spacial score (nSPS) is 14.7. The highest BCUT2D eigenvalue weighted by Crippen LogP contribution is 2.43. The number of aryl methyl sites for hydroxylation is 1. The van der Waals surface area contributed by atoms with Crippen molar-refractivity contribution in [3.05, 3.63) is 124 Å². The maximum absolute atomic E-state index is 14.0. The van der Waals surface area contributed by atoms with Crippen LogP contribution in [0.4, 0.5) is 5.69 Å². The number of halogens is 1. The Hall–Kier alpha value is -4.07. The van der Waals surface area contributed by atoms with Crippen molar-refractivity contribution in [3.8, 4) is 11.1 Å². The van der Waals surface area contributed by atoms with Gasteiger partial charge in [0.15, 0.2) is 5.78 Å². The molecule has 1 saturated carbocycles. The Morgan fingerprint density at radius 2 is 1.54 bits per heavy atom. The zero-order valence-corrected chi connectivity index (χ0v) is 29.7. The third kappa shape index (κ3) is 10.5. The van der Waals surface area contributed by atoms with E-state index in [0.717, 1.165) is 50.5 Å². The number of ketones is 1. The molecule has 1 atom stereocenters. The van der Waals surface area contributed by atoms with Gasteiger partial charge < -0.3 is 5.32 Å². The van der Waals surface area contributed by atoms with Crippen molar-refractivity contribution >= 4 is 39.6 Å². The van der Waals surface area contributed by atoms with Gasteiger partial charge in [-0.2, -0.15) is 0 Å². The van der Waals surface area contributed by atoms with Crippen LogP contribution < -0.4 is 5.32 Å². The molecule has 1 fully saturated rings. The van der Waals surface area contributed by atoms with E-state index in [1.807, 2.05) is 73.7 Å². The number of benzene rings is 4. The summed E-state index contributed by atoms with van der Waals surface area (Å²) in [5, 5.41) is 3.93. The van der Waals surface area contributed by atoms with Gasteiger partial charge >= 0.3 is 10.6 Å². The van der Waals surface area contributed by atoms with Crippen LogP contribution in [0, 0.1) is 12.3 Å². The second-order valence-electron chi connectivity index (χ2n) is 13.5. The average Bonchev–Trinajstić information content (AvgIpc) is 3.04. The monoisotopic (exact) mass is 685 g/mol. The molecule has 0 aliphatic heterocycles. The number of nitrogens with one attached hydrogen (secondary N) is 1. The molecule has 252 valence electrons. The zero-order valence-electron chi connectivity index (χ0n) is 28.1. The Kier molecular flexibility index (Phi) is 12.9. The molecule has 0 spiro atoms. The first kappa shape index (κ1) is 36.8. The fourth-order valence-corrected chi connectivity index (χ4v) is 6.70. The molecule has 1 N–H and O–H groups in total. The summed E-state index contributed by atoms with van der Waals surface area (Å²) in [4.78, 5) is 26.4. The largest absolute Gasteiger partial charge is 0.425 e. The smallest absolute Gasteiger partial charge is 0.326 e. The summed E-state index contributed by atoms with van der Waals surface area (Å²) in [6.07, 6.45) is 6.74. The summed E-state index contributed by atoms with van der Waals surface area (Å²) < 4.78 is 25.3. The van der Waals surface area contributed by atoms with Gasteiger partial charge in [-0.1, -0.05) is 99.1 Å². The highest BCUT2D eigenvalue weighted by molar-refractivity contribution is 7.59. The lowest BCUT2D eigenvalue weighted by atomic mass is 9.71. The van der Waals surface area contributed by atoms with Crippen LogP contribution in [0.15, 0.2) is 91.0 Å². The first-order valence-electron chi connectivity index (χ1n) is 16.5. The van der Waals surface area contributed by atoms with Crippen LogP contribution in [0.3, 0.4) is 0 Å². The molecule has 1 aliphatic carbocycles. The van der Waals surface area contributed by atoms with Crippen molar-refractivity contribution < 1.29 is 22.2 Å². The fourth-order valence-electron chi connectivity index (χ4n) is 6.47. The van der Waals surface area contributed by atoms with Crippen LogP contribution in [-0.2, 0) is 21.8 Å². The lowest BCUT2D eigenvalue weighted by molar-refractivity contribution is -0.117. The summed E-state index contributed by atoms with van der Waals surface area (Å²) in [5.41, 5.74) is 8.61. The number of rotatable bonds is 10. The molecule has 1 aliphatic rings. The number of amides is 1. The van der Waals surface area contributed by atoms with Crippen LogP contribution in [0.25, 0.3) is 11.1 Å². The highest BCUT2D eigenvalue weighted by Gasteiger charge is 2.29. The topological polar surface area (TPSA) is 97.4 Å². The van der Waals surface area contributed by atoms with E-state index >= 15 is 0 Å². The lowest BCUT2D eigenvalue weighted by Gasteiger charge is -2.34. The van der Waals surface area contributed by atoms with Gasteiger partial charge in [0.1, 0.15) is 0 Å². The van der Waals surface area contributed by atoms with Crippen LogP contribution in [-0.4, -0.2) is 24.3 Å². The SMILES string of the molecule is CCCC(=O)c1ccc(C[C@@H](C(=O)Nc2ccc(-c3ccc(Cl)cc3C)cc2)c2cccc(C3CCC(C)(C)CC3)c2)cc1.O=S(=O)=O. The van der Waals surface area contributed by atoms with E-state index in [4.69, 9.17) is 24.2 Å². The third-order valence-corrected chi connectivity index (χ3v) is 9.52. The number of Topliss-reactive ketones (excluding diaryl/α,β-unsaturated/α-hetero) is 1. The van der Waals surface area contributed by atoms with E-state index in [2.05, 4.69) is 50.4 Å². The Bertz CT molecular complexity index is 1820. The highest BCUT2D eigenvalue weighted by atomic mass is 35.5. The summed E-state index contributed by atoms with van der Waals surface area (Å²) in [6.45, 7) is 8.80. The molecule has 0 heterocycles. The molecule has 0 radical (unpaired) electrons. The Labute approximate surface area is 291 Å². The van der Waals surface area contributed by atoms with Crippen molar-refractivity contribution in [2.75, 3.05) is 5.32 Å². The molecule has 0 aromatic heterocycles. The minimum Gasteiger partial charge on any atom is -0.326 e. The van der Waals surface area contributed by atoms with Crippen molar-refractivity contribution in [3.63, 3.8) is 0 Å². The first-order valence-corrected chi connectivity index (χ1v) is 17.9. The van der Waals surface area contributed by atoms with Crippen molar-refractivity contribution in [1.29, 1.82) is 0 Å². The number of carbonyl (C=O) groups excluding carboxylic acids is 2. The number of anilines is 1. The van der Waals surface area contributed by atoms with Gasteiger partial charge in [0.2, 0.25) is 5.91 Å². The predicted molar refractivity (Wildman–Crippen MR) is 194 cm³/mol. The summed E-state index contributed by atoms with van der Waals surface area (Å²) >= 11 is 6.16. The van der Waals surface area contributed by atoms with Crippen molar-refractivity contribution in [1.82, 2.24) is 0 Å². The summed E-state index contributed by atoms with van der Waals surface area (Å²) in [5.74, 6) is 0.284. The molecule has 1 amide bonds. The number of hydrogen-bond acceptors (Lipinski definition) is 5. The van der Waals surface area contributed by atoms with E-state index in [-0.39, 0.29) is 17.6 Å². The molecule has 6 nitrogen and oxygen atoms in total. The Balaban J connectivity index is 0.00000123. The molecular weight excluding hydrogens is 642 g/mol. The van der Waals surface area contributed by atoms with Gasteiger partial charge in [-0.05, 0) is 114 Å². The van der Waals surface area contributed by atoms with Gasteiger partial charge in [-0.3, -0.25) is 9.59 Å². The minimum atomic E-state index is -3.11. The van der Waals surface area contributed by atoms with Crippen molar-refractivity contribution in [2.24, 2.45) is 5.41 Å². The van der Waals surface area contributed by atoms with E-state index < -0.39 is 10.6 Å². The van der Waals surface area contributed by atoms with Gasteiger partial charge in [0, 0.05) is 22.7 Å². The van der Waals surface area contributed by atoms with Gasteiger partial charge in [0.25, 0.3) is 0 Å². The number of hydrogen-bond donors (Lipinski definition) is 1. The zero-order chi connectivity index (χ0) is 34.8. The molecule has 5 rings (SSSR count). The maximum Gasteiger partial charge on any atom is 0.425 e. The third-order valence-electron chi connectivity index (χ3n) is 9.28. The van der Waals surface area contributed by atoms with Crippen LogP contribution in [0.1, 0.15) is 104 Å². The van der Waals surface area contributed by atoms with E-state index in [0.29, 0.717) is 24.2 Å². The molecule has 8 heteroatoms. The average molecular weight is 686 g/mol. The summed E-state index contributed by atoms with van der Waals surface area (Å²) in [7, 11) is -3.11. The molecular formula is C40H44ClNO5S. The molecule has 0 bridgehead atoms. The molecule has 0 saturated heterocycles. The maximum atomic E-state index is 14.0. The van der Waals surface area contributed by atoms with E-state index in [1.165, 1.54) is 31.2 Å². The second-order valence-corrected chi connectivity index (χ2v) is 14.3. The van der Waals surface area contributed by atoms with E-state index in [9.17, 15) is 9.59 Å². The molecule has 48 heavy (non-hydrogen) atoms. The summed E-state index contributed by atoms with van der Waals surface area (Å²) in [6, 6.07) is 30.4. The van der Waals surface area contributed by atoms with Gasteiger partial charge in [0.05, 0.1) is 5.92 Å². The van der Waals surface area contributed by atoms with Crippen molar-refractivity contribution in [2.45, 2.75) is 84.5 Å². The minimum absolute atomic E-state index is 0.0338. The molecule has 4 aromatic carbocycles. The number of carbonyl (C=O) groups is 2. The van der Waals surface area contributed by atoms with Crippen LogP contribution >= 0.6 is 11.6 Å². The van der Waals surface area contributed by atoms with Gasteiger partial charge in [-0.15, -0.1) is 12.6 Å². The predicted octanol–water partition coefficient (Wildman–Crippen LogP) is 9.94. The van der Waals surface area contributed by atoms with Gasteiger partial charge in [-0.25, -0.2) is 0 Å². The van der Waals surface area contributed by atoms with E-state index in [1.54, 1.807) is 0 Å². The fraction of sp³-hybridized carbons (Fsp3) is 0.350. The quantitative estimate of drug-likeness (QED) is 0.168. The Morgan fingerprint density at radius 3 is 2.15 bits per heavy atom. The lowest BCUT2D eigenvalue weighted by Crippen LogP contribution is -2.24. The standard InChI is InChI=1S/C40H44ClNO2.O3S/c1-5-7-38(43)31-12-10-28(11-13-31)25-37(33-9-6-8-32(26-33)29-20-22-40(3,4)23-21-29)39(44)42-35-17-14-30(15-18-35)36-19-16-34(41)24-27(36)2;1-4(2)3/h6,8-19,24,26,29,37H,5,7,20-23,25H2,1-4H3,(H,42,44);/t37-;/m1./s1.